The van der Waals surface area contributed by atoms with Crippen LogP contribution >= 0.6 is 0 Å². The number of hydrogen-bond donors (Lipinski definition) is 0. The fourth-order valence-electron chi connectivity index (χ4n) is 2.21. The average Bonchev–Trinajstić information content (AvgIpc) is 1.80. The summed E-state index contributed by atoms with van der Waals surface area (Å²) in [7, 11) is 0. The lowest BCUT2D eigenvalue weighted by Crippen LogP contribution is -2.44. The third kappa shape index (κ3) is 2.25. The van der Waals surface area contributed by atoms with Crippen molar-refractivity contribution < 1.29 is 4.74 Å². The minimum atomic E-state index is -0.0568. The maximum absolute atomic E-state index is 5.90. The molecule has 1 aliphatic rings. The van der Waals surface area contributed by atoms with E-state index in [1.165, 1.54) is 0 Å². The molecule has 0 atom stereocenters. The molecule has 1 nitrogen and oxygen atoms in total. The summed E-state index contributed by atoms with van der Waals surface area (Å²) in [6.07, 6.45) is 7.40. The van der Waals surface area contributed by atoms with Gasteiger partial charge in [-0.2, -0.15) is 0 Å². The Balaban J connectivity index is 2.75. The molecule has 1 aliphatic heterocycles. The van der Waals surface area contributed by atoms with Crippen molar-refractivity contribution in [2.45, 2.75) is 51.7 Å². The second-order valence-electron chi connectivity index (χ2n) is 4.89. The van der Waals surface area contributed by atoms with E-state index in [1.54, 1.807) is 0 Å². The highest BCUT2D eigenvalue weighted by molar-refractivity contribution is 5.01. The molecule has 0 bridgehead atoms. The lowest BCUT2D eigenvalue weighted by atomic mass is 9.81. The van der Waals surface area contributed by atoms with E-state index >= 15 is 0 Å². The normalized spacial score (nSPS) is 27.9. The van der Waals surface area contributed by atoms with Crippen molar-refractivity contribution in [1.82, 2.24) is 0 Å². The number of hydrogen-bond acceptors (Lipinski definition) is 1. The van der Waals surface area contributed by atoms with Crippen LogP contribution in [0.4, 0.5) is 0 Å². The third-order valence-corrected chi connectivity index (χ3v) is 2.26. The molecule has 0 aliphatic carbocycles. The minimum absolute atomic E-state index is 0.0568. The maximum atomic E-state index is 5.90. The molecule has 0 radical (unpaired) electrons. The van der Waals surface area contributed by atoms with Crippen LogP contribution < -0.4 is 0 Å². The summed E-state index contributed by atoms with van der Waals surface area (Å²) in [5.41, 5.74) is -0.114. The van der Waals surface area contributed by atoms with Crippen molar-refractivity contribution in [2.24, 2.45) is 5.92 Å². The summed E-state index contributed by atoms with van der Waals surface area (Å²) >= 11 is 0. The van der Waals surface area contributed by atoms with Gasteiger partial charge in [0.2, 0.25) is 0 Å². The van der Waals surface area contributed by atoms with Crippen molar-refractivity contribution in [2.75, 3.05) is 0 Å². The largest absolute Gasteiger partial charge is 0.370 e. The van der Waals surface area contributed by atoms with E-state index in [-0.39, 0.29) is 11.2 Å². The van der Waals surface area contributed by atoms with Gasteiger partial charge in [-0.3, -0.25) is 0 Å². The molecular weight excluding hydrogens is 148 g/mol. The van der Waals surface area contributed by atoms with Gasteiger partial charge in [0.1, 0.15) is 0 Å². The summed E-state index contributed by atoms with van der Waals surface area (Å²) < 4.78 is 5.90. The van der Waals surface area contributed by atoms with E-state index < -0.39 is 0 Å². The van der Waals surface area contributed by atoms with Crippen LogP contribution in [0.3, 0.4) is 0 Å². The zero-order valence-electron chi connectivity index (χ0n) is 8.48. The molecule has 0 aromatic carbocycles. The zero-order valence-corrected chi connectivity index (χ0v) is 8.48. The van der Waals surface area contributed by atoms with Gasteiger partial charge < -0.3 is 4.74 Å². The van der Waals surface area contributed by atoms with E-state index in [2.05, 4.69) is 33.6 Å². The molecule has 0 spiro atoms. The molecule has 0 aromatic rings. The first-order chi connectivity index (χ1) is 5.35. The molecule has 1 heterocycles. The number of terminal acetylenes is 1. The van der Waals surface area contributed by atoms with Crippen molar-refractivity contribution >= 4 is 0 Å². The van der Waals surface area contributed by atoms with Crippen LogP contribution in [0.1, 0.15) is 40.5 Å². The SMILES string of the molecule is C#CC1CC(C)(C)OC(C)(C)C1. The predicted octanol–water partition coefficient (Wildman–Crippen LogP) is 2.60. The van der Waals surface area contributed by atoms with E-state index in [4.69, 9.17) is 11.2 Å². The minimum Gasteiger partial charge on any atom is -0.370 e. The Morgan fingerprint density at radius 1 is 1.17 bits per heavy atom. The van der Waals surface area contributed by atoms with Gasteiger partial charge in [0.15, 0.2) is 0 Å². The topological polar surface area (TPSA) is 9.23 Å². The summed E-state index contributed by atoms with van der Waals surface area (Å²) in [5, 5.41) is 0. The van der Waals surface area contributed by atoms with Crippen LogP contribution in [0.25, 0.3) is 0 Å². The Hall–Kier alpha value is -0.480. The van der Waals surface area contributed by atoms with Crippen LogP contribution in [0.5, 0.6) is 0 Å². The lowest BCUT2D eigenvalue weighted by Gasteiger charge is -2.43. The Morgan fingerprint density at radius 3 is 1.92 bits per heavy atom. The molecule has 0 unspecified atom stereocenters. The molecule has 1 fully saturated rings. The summed E-state index contributed by atoms with van der Waals surface area (Å²) in [6.45, 7) is 8.44. The first-order valence-electron chi connectivity index (χ1n) is 4.51. The fraction of sp³-hybridized carbons (Fsp3) is 0.818. The molecule has 68 valence electrons. The van der Waals surface area contributed by atoms with Gasteiger partial charge in [-0.25, -0.2) is 0 Å². The molecule has 1 saturated heterocycles. The monoisotopic (exact) mass is 166 g/mol. The standard InChI is InChI=1S/C11H18O/c1-6-9-7-10(2,3)12-11(4,5)8-9/h1,9H,7-8H2,2-5H3. The number of rotatable bonds is 0. The smallest absolute Gasteiger partial charge is 0.0645 e. The molecule has 0 N–H and O–H groups in total. The summed E-state index contributed by atoms with van der Waals surface area (Å²) in [4.78, 5) is 0. The van der Waals surface area contributed by atoms with Crippen LogP contribution in [0.2, 0.25) is 0 Å². The highest BCUT2D eigenvalue weighted by Gasteiger charge is 2.38. The molecule has 0 amide bonds. The third-order valence-electron chi connectivity index (χ3n) is 2.26. The second kappa shape index (κ2) is 2.78. The van der Waals surface area contributed by atoms with Gasteiger partial charge in [0.25, 0.3) is 0 Å². The molecule has 12 heavy (non-hydrogen) atoms. The molecule has 1 rings (SSSR count). The van der Waals surface area contributed by atoms with E-state index in [0.29, 0.717) is 5.92 Å². The summed E-state index contributed by atoms with van der Waals surface area (Å²) in [6, 6.07) is 0. The summed E-state index contributed by atoms with van der Waals surface area (Å²) in [5.74, 6) is 3.21. The Morgan fingerprint density at radius 2 is 1.58 bits per heavy atom. The zero-order chi connectivity index (χ0) is 9.41. The van der Waals surface area contributed by atoms with E-state index in [0.717, 1.165) is 12.8 Å². The lowest BCUT2D eigenvalue weighted by molar-refractivity contribution is -0.165. The highest BCUT2D eigenvalue weighted by atomic mass is 16.5. The molecule has 1 heteroatoms. The van der Waals surface area contributed by atoms with Gasteiger partial charge in [0.05, 0.1) is 11.2 Å². The van der Waals surface area contributed by atoms with Crippen molar-refractivity contribution in [3.8, 4) is 12.3 Å². The first kappa shape index (κ1) is 9.61. The highest BCUT2D eigenvalue weighted by Crippen LogP contribution is 2.37. The van der Waals surface area contributed by atoms with Crippen LogP contribution in [-0.4, -0.2) is 11.2 Å². The Kier molecular flexibility index (Phi) is 2.23. The van der Waals surface area contributed by atoms with Gasteiger partial charge in [0, 0.05) is 5.92 Å². The van der Waals surface area contributed by atoms with E-state index in [9.17, 15) is 0 Å². The van der Waals surface area contributed by atoms with Crippen LogP contribution in [0.15, 0.2) is 0 Å². The Labute approximate surface area is 75.5 Å². The van der Waals surface area contributed by atoms with Gasteiger partial charge in [-0.15, -0.1) is 12.3 Å². The fourth-order valence-corrected chi connectivity index (χ4v) is 2.21. The predicted molar refractivity (Wildman–Crippen MR) is 50.8 cm³/mol. The Bertz CT molecular complexity index is 192. The van der Waals surface area contributed by atoms with E-state index in [1.807, 2.05) is 0 Å². The van der Waals surface area contributed by atoms with Gasteiger partial charge in [-0.1, -0.05) is 0 Å². The van der Waals surface area contributed by atoms with Gasteiger partial charge >= 0.3 is 0 Å². The number of ether oxygens (including phenoxy) is 1. The quantitative estimate of drug-likeness (QED) is 0.503. The van der Waals surface area contributed by atoms with Crippen molar-refractivity contribution in [3.63, 3.8) is 0 Å². The second-order valence-corrected chi connectivity index (χ2v) is 4.89. The van der Waals surface area contributed by atoms with Crippen molar-refractivity contribution in [3.05, 3.63) is 0 Å². The molecule has 0 saturated carbocycles. The molecule has 0 aromatic heterocycles. The van der Waals surface area contributed by atoms with Crippen LogP contribution in [-0.2, 0) is 4.74 Å². The first-order valence-corrected chi connectivity index (χ1v) is 4.51. The molecular formula is C11H18O. The van der Waals surface area contributed by atoms with Crippen LogP contribution in [0, 0.1) is 18.3 Å². The van der Waals surface area contributed by atoms with Crippen molar-refractivity contribution in [1.29, 1.82) is 0 Å². The maximum Gasteiger partial charge on any atom is 0.0645 e. The average molecular weight is 166 g/mol. The van der Waals surface area contributed by atoms with Gasteiger partial charge in [-0.05, 0) is 40.5 Å².